The third kappa shape index (κ3) is 24.8. The van der Waals surface area contributed by atoms with E-state index in [1.807, 2.05) is 6.92 Å². The van der Waals surface area contributed by atoms with Crippen LogP contribution in [-0.4, -0.2) is 32.2 Å². The van der Waals surface area contributed by atoms with Crippen LogP contribution >= 0.6 is 0 Å². The molecule has 1 heteroatoms. The van der Waals surface area contributed by atoms with Gasteiger partial charge in [-0.05, 0) is 19.8 Å². The van der Waals surface area contributed by atoms with Crippen LogP contribution in [0.25, 0.3) is 0 Å². The normalized spacial score (nSPS) is 10.7. The predicted molar refractivity (Wildman–Crippen MR) is 86.0 cm³/mol. The van der Waals surface area contributed by atoms with Gasteiger partial charge in [-0.2, -0.15) is 0 Å². The minimum atomic E-state index is 1.12. The number of unbranched alkanes of at least 4 members (excludes halogenated alkanes) is 8. The largest absolute Gasteiger partial charge is 0.331 e. The molecule has 0 aliphatic carbocycles. The number of hydrogen-bond donors (Lipinski definition) is 0. The first-order chi connectivity index (χ1) is 8.47. The van der Waals surface area contributed by atoms with Gasteiger partial charge in [0, 0.05) is 0 Å². The van der Waals surface area contributed by atoms with Crippen molar-refractivity contribution in [1.82, 2.24) is 0 Å². The van der Waals surface area contributed by atoms with Crippen molar-refractivity contribution in [2.75, 3.05) is 27.7 Å². The molecule has 1 nitrogen and oxygen atoms in total. The zero-order valence-corrected chi connectivity index (χ0v) is 13.8. The van der Waals surface area contributed by atoms with Gasteiger partial charge in [0.25, 0.3) is 0 Å². The topological polar surface area (TPSA) is 0 Å². The van der Waals surface area contributed by atoms with Crippen LogP contribution in [0.3, 0.4) is 0 Å². The van der Waals surface area contributed by atoms with Crippen LogP contribution in [0.4, 0.5) is 0 Å². The van der Waals surface area contributed by atoms with Crippen LogP contribution in [0.2, 0.25) is 0 Å². The minimum absolute atomic E-state index is 1.12. The molecule has 0 saturated heterocycles. The van der Waals surface area contributed by atoms with Gasteiger partial charge < -0.3 is 4.48 Å². The van der Waals surface area contributed by atoms with E-state index in [1.54, 1.807) is 6.08 Å². The second kappa shape index (κ2) is 14.8. The van der Waals surface area contributed by atoms with E-state index < -0.39 is 0 Å². The average Bonchev–Trinajstić information content (AvgIpc) is 2.26. The molecule has 0 aromatic carbocycles. The molecular formula is C17H38N+. The number of quaternary nitrogens is 1. The monoisotopic (exact) mass is 256 g/mol. The Kier molecular flexibility index (Phi) is 16.4. The lowest BCUT2D eigenvalue weighted by atomic mass is 10.1. The van der Waals surface area contributed by atoms with Crippen molar-refractivity contribution in [3.63, 3.8) is 0 Å². The van der Waals surface area contributed by atoms with Crippen LogP contribution in [0.1, 0.15) is 71.6 Å². The summed E-state index contributed by atoms with van der Waals surface area (Å²) in [6.45, 7) is 8.86. The fraction of sp³-hybridized carbons (Fsp3) is 0.882. The highest BCUT2D eigenvalue weighted by atomic mass is 15.3. The number of nitrogens with zero attached hydrogens (tertiary/aromatic N) is 1. The third-order valence-electron chi connectivity index (χ3n) is 2.93. The molecule has 0 aliphatic heterocycles. The second-order valence-electron chi connectivity index (χ2n) is 6.25. The Bertz CT molecular complexity index is 155. The summed E-state index contributed by atoms with van der Waals surface area (Å²) in [7, 11) is 6.85. The molecule has 0 spiro atoms. The lowest BCUT2D eigenvalue weighted by Gasteiger charge is -2.23. The average molecular weight is 256 g/mol. The molecule has 0 aromatic rings. The SMILES string of the molecule is C=CC.CCCCCCCCCCC[N+](C)(C)C. The van der Waals surface area contributed by atoms with E-state index in [2.05, 4.69) is 34.6 Å². The number of hydrogen-bond acceptors (Lipinski definition) is 0. The summed E-state index contributed by atoms with van der Waals surface area (Å²) in [5.41, 5.74) is 0. The highest BCUT2D eigenvalue weighted by Crippen LogP contribution is 2.10. The molecule has 0 radical (unpaired) electrons. The van der Waals surface area contributed by atoms with E-state index in [4.69, 9.17) is 0 Å². The maximum absolute atomic E-state index is 3.36. The molecule has 110 valence electrons. The molecule has 0 aliphatic rings. The maximum Gasteiger partial charge on any atom is 0.0780 e. The molecule has 0 N–H and O–H groups in total. The fourth-order valence-corrected chi connectivity index (χ4v) is 1.90. The first kappa shape index (κ1) is 20.0. The first-order valence-electron chi connectivity index (χ1n) is 7.85. The number of rotatable bonds is 10. The maximum atomic E-state index is 3.36. The Morgan fingerprint density at radius 2 is 1.11 bits per heavy atom. The van der Waals surface area contributed by atoms with E-state index in [-0.39, 0.29) is 0 Å². The Morgan fingerprint density at radius 1 is 0.778 bits per heavy atom. The lowest BCUT2D eigenvalue weighted by molar-refractivity contribution is -0.870. The minimum Gasteiger partial charge on any atom is -0.331 e. The summed E-state index contributed by atoms with van der Waals surface area (Å²) in [4.78, 5) is 0. The summed E-state index contributed by atoms with van der Waals surface area (Å²) < 4.78 is 1.12. The van der Waals surface area contributed by atoms with Gasteiger partial charge in [-0.1, -0.05) is 57.9 Å². The van der Waals surface area contributed by atoms with Gasteiger partial charge in [0.05, 0.1) is 27.7 Å². The lowest BCUT2D eigenvalue weighted by Crippen LogP contribution is -2.35. The van der Waals surface area contributed by atoms with E-state index in [9.17, 15) is 0 Å². The molecule has 0 rings (SSSR count). The van der Waals surface area contributed by atoms with Crippen LogP contribution in [0.5, 0.6) is 0 Å². The summed E-state index contributed by atoms with van der Waals surface area (Å²) in [6, 6.07) is 0. The van der Waals surface area contributed by atoms with Crippen molar-refractivity contribution in [2.24, 2.45) is 0 Å². The van der Waals surface area contributed by atoms with Crippen molar-refractivity contribution in [2.45, 2.75) is 71.6 Å². The third-order valence-corrected chi connectivity index (χ3v) is 2.93. The van der Waals surface area contributed by atoms with Crippen LogP contribution in [-0.2, 0) is 0 Å². The van der Waals surface area contributed by atoms with Crippen molar-refractivity contribution in [3.8, 4) is 0 Å². The van der Waals surface area contributed by atoms with Gasteiger partial charge in [0.2, 0.25) is 0 Å². The first-order valence-corrected chi connectivity index (χ1v) is 7.85. The van der Waals surface area contributed by atoms with Crippen molar-refractivity contribution in [3.05, 3.63) is 12.7 Å². The molecule has 18 heavy (non-hydrogen) atoms. The van der Waals surface area contributed by atoms with Gasteiger partial charge in [-0.3, -0.25) is 0 Å². The second-order valence-corrected chi connectivity index (χ2v) is 6.25. The summed E-state index contributed by atoms with van der Waals surface area (Å²) in [5, 5.41) is 0. The molecule has 0 fully saturated rings. The van der Waals surface area contributed by atoms with Gasteiger partial charge in [0.1, 0.15) is 0 Å². The zero-order chi connectivity index (χ0) is 14.3. The fourth-order valence-electron chi connectivity index (χ4n) is 1.90. The van der Waals surface area contributed by atoms with Crippen molar-refractivity contribution >= 4 is 0 Å². The molecule has 0 bridgehead atoms. The predicted octanol–water partition coefficient (Wildman–Crippen LogP) is 5.42. The molecule has 0 amide bonds. The molecule has 0 atom stereocenters. The van der Waals surface area contributed by atoms with E-state index in [0.717, 1.165) is 4.48 Å². The quantitative estimate of drug-likeness (QED) is 0.278. The standard InChI is InChI=1S/C14H32N.C3H6/c1-5-6-7-8-9-10-11-12-13-14-15(2,3)4;1-3-2/h5-14H2,1-4H3;3H,1H2,2H3/q+1;. The van der Waals surface area contributed by atoms with E-state index in [1.165, 1.54) is 64.3 Å². The van der Waals surface area contributed by atoms with Crippen LogP contribution in [0, 0.1) is 0 Å². The number of allylic oxidation sites excluding steroid dienone is 1. The smallest absolute Gasteiger partial charge is 0.0780 e. The van der Waals surface area contributed by atoms with Gasteiger partial charge >= 0.3 is 0 Å². The van der Waals surface area contributed by atoms with Crippen LogP contribution in [0.15, 0.2) is 12.7 Å². The van der Waals surface area contributed by atoms with Crippen LogP contribution < -0.4 is 0 Å². The Labute approximate surface area is 117 Å². The molecule has 0 aromatic heterocycles. The summed E-state index contributed by atoms with van der Waals surface area (Å²) in [6.07, 6.45) is 14.7. The molecule has 0 heterocycles. The summed E-state index contributed by atoms with van der Waals surface area (Å²) >= 11 is 0. The van der Waals surface area contributed by atoms with E-state index in [0.29, 0.717) is 0 Å². The zero-order valence-electron chi connectivity index (χ0n) is 13.8. The Morgan fingerprint density at radius 3 is 1.44 bits per heavy atom. The Balaban J connectivity index is 0. The van der Waals surface area contributed by atoms with Gasteiger partial charge in [-0.15, -0.1) is 6.58 Å². The molecule has 0 saturated carbocycles. The highest BCUT2D eigenvalue weighted by Gasteiger charge is 2.04. The summed E-state index contributed by atoms with van der Waals surface area (Å²) in [5.74, 6) is 0. The van der Waals surface area contributed by atoms with Gasteiger partial charge in [0.15, 0.2) is 0 Å². The van der Waals surface area contributed by atoms with Gasteiger partial charge in [-0.25, -0.2) is 0 Å². The molecular weight excluding hydrogens is 218 g/mol. The van der Waals surface area contributed by atoms with Crippen molar-refractivity contribution in [1.29, 1.82) is 0 Å². The highest BCUT2D eigenvalue weighted by molar-refractivity contribution is 4.51. The van der Waals surface area contributed by atoms with E-state index >= 15 is 0 Å². The van der Waals surface area contributed by atoms with Crippen molar-refractivity contribution < 1.29 is 4.48 Å². The Hall–Kier alpha value is -0.300. The molecule has 0 unspecified atom stereocenters.